The molecule has 128 valence electrons. The van der Waals surface area contributed by atoms with E-state index in [0.717, 1.165) is 23.4 Å². The summed E-state index contributed by atoms with van der Waals surface area (Å²) in [5.74, 6) is -0.449. The number of nitrogens with zero attached hydrogens (tertiary/aromatic N) is 2. The first-order chi connectivity index (χ1) is 11.6. The summed E-state index contributed by atoms with van der Waals surface area (Å²) in [5, 5.41) is 5.71. The fourth-order valence-electron chi connectivity index (χ4n) is 2.54. The van der Waals surface area contributed by atoms with Crippen molar-refractivity contribution < 1.29 is 9.18 Å². The highest BCUT2D eigenvalue weighted by Gasteiger charge is 2.14. The van der Waals surface area contributed by atoms with Gasteiger partial charge in [-0.25, -0.2) is 9.37 Å². The second-order valence-corrected chi connectivity index (χ2v) is 5.45. The average molecular weight is 330 g/mol. The highest BCUT2D eigenvalue weighted by molar-refractivity contribution is 5.92. The minimum Gasteiger partial charge on any atom is -0.366 e. The van der Waals surface area contributed by atoms with Gasteiger partial charge in [-0.15, -0.1) is 0 Å². The zero-order valence-electron chi connectivity index (χ0n) is 14.3. The van der Waals surface area contributed by atoms with E-state index in [9.17, 15) is 9.18 Å². The van der Waals surface area contributed by atoms with Gasteiger partial charge in [-0.3, -0.25) is 4.79 Å². The Morgan fingerprint density at radius 3 is 2.54 bits per heavy atom. The minimum atomic E-state index is -0.241. The van der Waals surface area contributed by atoms with Gasteiger partial charge in [0.15, 0.2) is 0 Å². The van der Waals surface area contributed by atoms with E-state index in [4.69, 9.17) is 0 Å². The van der Waals surface area contributed by atoms with Crippen LogP contribution in [-0.2, 0) is 13.1 Å². The topological polar surface area (TPSA) is 57.3 Å². The van der Waals surface area contributed by atoms with Gasteiger partial charge in [-0.2, -0.15) is 0 Å². The first-order valence-corrected chi connectivity index (χ1v) is 7.94. The fourth-order valence-corrected chi connectivity index (χ4v) is 2.54. The van der Waals surface area contributed by atoms with Crippen LogP contribution in [0.3, 0.4) is 0 Å². The van der Waals surface area contributed by atoms with Crippen LogP contribution in [-0.4, -0.2) is 31.5 Å². The molecule has 0 bridgehead atoms. The molecule has 0 aliphatic rings. The third-order valence-electron chi connectivity index (χ3n) is 3.80. The van der Waals surface area contributed by atoms with Crippen LogP contribution >= 0.6 is 0 Å². The molecule has 0 saturated heterocycles. The van der Waals surface area contributed by atoms with Gasteiger partial charge >= 0.3 is 0 Å². The molecule has 0 fully saturated rings. The Morgan fingerprint density at radius 2 is 1.96 bits per heavy atom. The lowest BCUT2D eigenvalue weighted by atomic mass is 10.1. The van der Waals surface area contributed by atoms with E-state index < -0.39 is 0 Å². The van der Waals surface area contributed by atoms with E-state index >= 15 is 0 Å². The van der Waals surface area contributed by atoms with Crippen LogP contribution in [0.4, 0.5) is 10.1 Å². The molecule has 5 nitrogen and oxygen atoms in total. The van der Waals surface area contributed by atoms with Crippen LogP contribution < -0.4 is 15.5 Å². The molecule has 1 aromatic heterocycles. The largest absolute Gasteiger partial charge is 0.366 e. The molecule has 0 aliphatic heterocycles. The summed E-state index contributed by atoms with van der Waals surface area (Å²) in [4.78, 5) is 18.2. The standard InChI is InChI=1S/C18H23FN4O/c1-4-23(12-13-5-7-15(19)8-6-13)17-11-22-16(18(24)21-3)9-14(17)10-20-2/h5-9,11,20H,4,10,12H2,1-3H3,(H,21,24). The Hall–Kier alpha value is -2.47. The van der Waals surface area contributed by atoms with Crippen molar-refractivity contribution in [1.29, 1.82) is 0 Å². The third-order valence-corrected chi connectivity index (χ3v) is 3.80. The molecule has 0 radical (unpaired) electrons. The normalized spacial score (nSPS) is 10.5. The van der Waals surface area contributed by atoms with Crippen molar-refractivity contribution in [3.8, 4) is 0 Å². The van der Waals surface area contributed by atoms with Crippen LogP contribution in [0.15, 0.2) is 36.5 Å². The molecule has 1 heterocycles. The molecule has 0 atom stereocenters. The number of nitrogens with one attached hydrogen (secondary N) is 2. The minimum absolute atomic E-state index is 0.208. The molecular formula is C18H23FN4O. The molecule has 1 amide bonds. The average Bonchev–Trinajstić information content (AvgIpc) is 2.61. The number of benzene rings is 1. The summed E-state index contributed by atoms with van der Waals surface area (Å²) >= 11 is 0. The summed E-state index contributed by atoms with van der Waals surface area (Å²) in [6.07, 6.45) is 1.73. The van der Waals surface area contributed by atoms with Gasteiger partial charge in [0.05, 0.1) is 11.9 Å². The van der Waals surface area contributed by atoms with Crippen LogP contribution in [0.25, 0.3) is 0 Å². The van der Waals surface area contributed by atoms with Crippen molar-refractivity contribution >= 4 is 11.6 Å². The molecule has 24 heavy (non-hydrogen) atoms. The lowest BCUT2D eigenvalue weighted by molar-refractivity contribution is 0.0958. The van der Waals surface area contributed by atoms with Crippen LogP contribution in [0, 0.1) is 5.82 Å². The number of halogens is 1. The summed E-state index contributed by atoms with van der Waals surface area (Å²) in [5.41, 5.74) is 3.37. The highest BCUT2D eigenvalue weighted by Crippen LogP contribution is 2.22. The number of rotatable bonds is 7. The molecule has 2 aromatic rings. The maximum absolute atomic E-state index is 13.1. The second-order valence-electron chi connectivity index (χ2n) is 5.45. The molecule has 2 rings (SSSR count). The van der Waals surface area contributed by atoms with E-state index in [0.29, 0.717) is 18.8 Å². The van der Waals surface area contributed by atoms with Crippen molar-refractivity contribution in [2.24, 2.45) is 0 Å². The van der Waals surface area contributed by atoms with Crippen molar-refractivity contribution in [2.75, 3.05) is 25.5 Å². The first kappa shape index (κ1) is 17.9. The lowest BCUT2D eigenvalue weighted by Crippen LogP contribution is -2.26. The number of carbonyl (C=O) groups is 1. The van der Waals surface area contributed by atoms with Crippen molar-refractivity contribution in [3.05, 3.63) is 59.2 Å². The molecular weight excluding hydrogens is 307 g/mol. The molecule has 2 N–H and O–H groups in total. The Morgan fingerprint density at radius 1 is 1.25 bits per heavy atom. The van der Waals surface area contributed by atoms with Gasteiger partial charge in [-0.1, -0.05) is 12.1 Å². The molecule has 6 heteroatoms. The zero-order chi connectivity index (χ0) is 17.5. The van der Waals surface area contributed by atoms with Gasteiger partial charge in [0.2, 0.25) is 0 Å². The molecule has 0 saturated carbocycles. The Bertz CT molecular complexity index is 688. The summed E-state index contributed by atoms with van der Waals surface area (Å²) < 4.78 is 13.1. The molecule has 0 aliphatic carbocycles. The summed E-state index contributed by atoms with van der Waals surface area (Å²) in [6, 6.07) is 8.29. The number of carbonyl (C=O) groups excluding carboxylic acids is 1. The molecule has 1 aromatic carbocycles. The summed E-state index contributed by atoms with van der Waals surface area (Å²) in [6.45, 7) is 4.10. The predicted octanol–water partition coefficient (Wildman–Crippen LogP) is 2.33. The zero-order valence-corrected chi connectivity index (χ0v) is 14.3. The highest BCUT2D eigenvalue weighted by atomic mass is 19.1. The Balaban J connectivity index is 2.32. The maximum atomic E-state index is 13.1. The van der Waals surface area contributed by atoms with Crippen LogP contribution in [0.5, 0.6) is 0 Å². The third kappa shape index (κ3) is 4.29. The number of hydrogen-bond acceptors (Lipinski definition) is 4. The van der Waals surface area contributed by atoms with Gasteiger partial charge in [-0.05, 0) is 43.3 Å². The molecule has 0 unspecified atom stereocenters. The van der Waals surface area contributed by atoms with Gasteiger partial charge in [0, 0.05) is 26.7 Å². The maximum Gasteiger partial charge on any atom is 0.269 e. The van der Waals surface area contributed by atoms with Crippen molar-refractivity contribution in [1.82, 2.24) is 15.6 Å². The number of pyridine rings is 1. The van der Waals surface area contributed by atoms with Gasteiger partial charge < -0.3 is 15.5 Å². The SMILES string of the molecule is CCN(Cc1ccc(F)cc1)c1cnc(C(=O)NC)cc1CNC. The first-order valence-electron chi connectivity index (χ1n) is 7.94. The quantitative estimate of drug-likeness (QED) is 0.818. The van der Waals surface area contributed by atoms with E-state index in [1.54, 1.807) is 31.4 Å². The smallest absolute Gasteiger partial charge is 0.269 e. The van der Waals surface area contributed by atoms with Crippen LogP contribution in [0.1, 0.15) is 28.5 Å². The Kier molecular flexibility index (Phi) is 6.26. The monoisotopic (exact) mass is 330 g/mol. The van der Waals surface area contributed by atoms with E-state index in [1.165, 1.54) is 12.1 Å². The van der Waals surface area contributed by atoms with E-state index in [2.05, 4.69) is 27.4 Å². The van der Waals surface area contributed by atoms with Crippen molar-refractivity contribution in [3.63, 3.8) is 0 Å². The summed E-state index contributed by atoms with van der Waals surface area (Å²) in [7, 11) is 3.45. The van der Waals surface area contributed by atoms with E-state index in [-0.39, 0.29) is 11.7 Å². The fraction of sp³-hybridized carbons (Fsp3) is 0.333. The lowest BCUT2D eigenvalue weighted by Gasteiger charge is -2.26. The molecule has 0 spiro atoms. The second kappa shape index (κ2) is 8.40. The number of anilines is 1. The van der Waals surface area contributed by atoms with Crippen molar-refractivity contribution in [2.45, 2.75) is 20.0 Å². The van der Waals surface area contributed by atoms with Gasteiger partial charge in [0.25, 0.3) is 5.91 Å². The number of aromatic nitrogens is 1. The number of amides is 1. The Labute approximate surface area is 141 Å². The van der Waals surface area contributed by atoms with Gasteiger partial charge in [0.1, 0.15) is 11.5 Å². The number of hydrogen-bond donors (Lipinski definition) is 2. The van der Waals surface area contributed by atoms with E-state index in [1.807, 2.05) is 7.05 Å². The van der Waals surface area contributed by atoms with Crippen LogP contribution in [0.2, 0.25) is 0 Å². The predicted molar refractivity (Wildman–Crippen MR) is 93.5 cm³/mol.